The van der Waals surface area contributed by atoms with Crippen LogP contribution >= 0.6 is 13.5 Å². The molecule has 6 nitrogen and oxygen atoms in total. The number of nitrogens with zero attached hydrogens (tertiary/aromatic N) is 3. The molecule has 1 aliphatic heterocycles. The third-order valence-corrected chi connectivity index (χ3v) is 3.38. The third-order valence-electron chi connectivity index (χ3n) is 3.38. The van der Waals surface area contributed by atoms with Crippen LogP contribution in [0.15, 0.2) is 18.3 Å². The maximum absolute atomic E-state index is 12.1. The lowest BCUT2D eigenvalue weighted by atomic mass is 10.1. The molecule has 1 aromatic rings. The number of nitrogens with two attached hydrogens (primary N) is 1. The number of hydrogen-bond donors (Lipinski definition) is 1. The second-order valence-corrected chi connectivity index (χ2v) is 6.41. The highest BCUT2D eigenvalue weighted by Gasteiger charge is 2.29. The number of amides is 1. The van der Waals surface area contributed by atoms with Gasteiger partial charge in [0.05, 0.1) is 11.9 Å². The van der Waals surface area contributed by atoms with E-state index in [9.17, 15) is 4.79 Å². The van der Waals surface area contributed by atoms with Crippen LogP contribution in [0.3, 0.4) is 0 Å². The zero-order chi connectivity index (χ0) is 15.6. The van der Waals surface area contributed by atoms with E-state index in [-0.39, 0.29) is 25.6 Å². The highest BCUT2D eigenvalue weighted by atomic mass is 32.1. The Bertz CT molecular complexity index is 501. The molecule has 0 unspecified atom stereocenters. The van der Waals surface area contributed by atoms with Crippen molar-refractivity contribution in [3.8, 4) is 0 Å². The van der Waals surface area contributed by atoms with Crippen LogP contribution in [-0.4, -0.2) is 47.3 Å². The van der Waals surface area contributed by atoms with Crippen LogP contribution < -0.4 is 10.6 Å². The number of piperazine rings is 1. The number of pyridine rings is 1. The minimum Gasteiger partial charge on any atom is -0.444 e. The minimum absolute atomic E-state index is 0. The molecule has 0 radical (unpaired) electrons. The molecule has 1 saturated heterocycles. The zero-order valence-electron chi connectivity index (χ0n) is 13.7. The summed E-state index contributed by atoms with van der Waals surface area (Å²) in [5.74, 6) is 0.513. The van der Waals surface area contributed by atoms with Gasteiger partial charge in [-0.25, -0.2) is 9.78 Å². The second-order valence-electron chi connectivity index (χ2n) is 6.41. The number of nitrogen functional groups attached to an aromatic ring is 1. The fourth-order valence-corrected chi connectivity index (χ4v) is 2.40. The lowest BCUT2D eigenvalue weighted by Gasteiger charge is -2.41. The first kappa shape index (κ1) is 18.4. The molecule has 2 heterocycles. The summed E-state index contributed by atoms with van der Waals surface area (Å²) in [5, 5.41) is 0. The van der Waals surface area contributed by atoms with E-state index in [4.69, 9.17) is 10.5 Å². The van der Waals surface area contributed by atoms with Crippen molar-refractivity contribution in [1.82, 2.24) is 9.88 Å². The Morgan fingerprint density at radius 1 is 1.36 bits per heavy atom. The first-order valence-corrected chi connectivity index (χ1v) is 7.22. The molecule has 1 aromatic heterocycles. The summed E-state index contributed by atoms with van der Waals surface area (Å²) in [5.41, 5.74) is 6.18. The van der Waals surface area contributed by atoms with Gasteiger partial charge in [0.15, 0.2) is 0 Å². The quantitative estimate of drug-likeness (QED) is 0.857. The normalized spacial score (nSPS) is 18.6. The van der Waals surface area contributed by atoms with Crippen LogP contribution in [0.4, 0.5) is 16.3 Å². The van der Waals surface area contributed by atoms with Gasteiger partial charge in [0, 0.05) is 25.7 Å². The van der Waals surface area contributed by atoms with Gasteiger partial charge in [-0.15, -0.1) is 0 Å². The number of rotatable bonds is 1. The predicted molar refractivity (Wildman–Crippen MR) is 93.6 cm³/mol. The molecule has 124 valence electrons. The van der Waals surface area contributed by atoms with E-state index >= 15 is 0 Å². The third kappa shape index (κ3) is 4.69. The van der Waals surface area contributed by atoms with Gasteiger partial charge >= 0.3 is 6.09 Å². The van der Waals surface area contributed by atoms with Crippen molar-refractivity contribution >= 4 is 31.1 Å². The summed E-state index contributed by atoms with van der Waals surface area (Å²) >= 11 is 0. The Labute approximate surface area is 139 Å². The fourth-order valence-electron chi connectivity index (χ4n) is 2.40. The average molecular weight is 326 g/mol. The summed E-state index contributed by atoms with van der Waals surface area (Å²) in [6.07, 6.45) is 1.53. The van der Waals surface area contributed by atoms with Crippen molar-refractivity contribution in [2.45, 2.75) is 39.3 Å². The van der Waals surface area contributed by atoms with Crippen molar-refractivity contribution in [2.75, 3.05) is 30.3 Å². The summed E-state index contributed by atoms with van der Waals surface area (Å²) in [6, 6.07) is 3.96. The first-order chi connectivity index (χ1) is 9.76. The molecule has 1 fully saturated rings. The van der Waals surface area contributed by atoms with Crippen LogP contribution in [0.1, 0.15) is 27.7 Å². The molecule has 0 aromatic carbocycles. The number of hydrogen-bond acceptors (Lipinski definition) is 5. The molecular weight excluding hydrogens is 300 g/mol. The number of carbonyl (C=O) groups is 1. The van der Waals surface area contributed by atoms with E-state index in [1.165, 1.54) is 0 Å². The van der Waals surface area contributed by atoms with Crippen LogP contribution in [-0.2, 0) is 4.74 Å². The average Bonchev–Trinajstić information content (AvgIpc) is 2.38. The Kier molecular flexibility index (Phi) is 5.93. The molecule has 1 amide bonds. The van der Waals surface area contributed by atoms with Crippen LogP contribution in [0.5, 0.6) is 0 Å². The Morgan fingerprint density at radius 2 is 2.05 bits per heavy atom. The van der Waals surface area contributed by atoms with E-state index in [0.29, 0.717) is 18.9 Å². The highest BCUT2D eigenvalue weighted by Crippen LogP contribution is 2.21. The van der Waals surface area contributed by atoms with Crippen molar-refractivity contribution in [3.63, 3.8) is 0 Å². The van der Waals surface area contributed by atoms with Gasteiger partial charge in [-0.05, 0) is 39.8 Å². The van der Waals surface area contributed by atoms with Gasteiger partial charge in [-0.1, -0.05) is 0 Å². The van der Waals surface area contributed by atoms with Crippen LogP contribution in [0, 0.1) is 0 Å². The Hall–Kier alpha value is -1.63. The molecule has 1 atom stereocenters. The van der Waals surface area contributed by atoms with Gasteiger partial charge in [-0.2, -0.15) is 13.5 Å². The standard InChI is InChI=1S/C15H24N4O2.H2S/c1-11-10-18(14(20)21-15(2,3)4)7-8-19(11)12-5-6-13(16)17-9-12;/h5-6,9,11H,7-8,10H2,1-4H3,(H2,16,17);1H2/t11-;/m0./s1. The predicted octanol–water partition coefficient (Wildman–Crippen LogP) is 2.22. The van der Waals surface area contributed by atoms with E-state index in [0.717, 1.165) is 12.2 Å². The summed E-state index contributed by atoms with van der Waals surface area (Å²) in [7, 11) is 0. The van der Waals surface area contributed by atoms with Crippen molar-refractivity contribution in [3.05, 3.63) is 18.3 Å². The molecule has 2 rings (SSSR count). The molecule has 22 heavy (non-hydrogen) atoms. The second kappa shape index (κ2) is 7.09. The van der Waals surface area contributed by atoms with Crippen molar-refractivity contribution in [1.29, 1.82) is 0 Å². The number of aromatic nitrogens is 1. The fraction of sp³-hybridized carbons (Fsp3) is 0.600. The van der Waals surface area contributed by atoms with Crippen molar-refractivity contribution < 1.29 is 9.53 Å². The molecular formula is C15H26N4O2S. The molecule has 0 bridgehead atoms. The highest BCUT2D eigenvalue weighted by molar-refractivity contribution is 7.59. The van der Waals surface area contributed by atoms with E-state index in [2.05, 4.69) is 16.8 Å². The first-order valence-electron chi connectivity index (χ1n) is 7.22. The lowest BCUT2D eigenvalue weighted by Crippen LogP contribution is -2.54. The van der Waals surface area contributed by atoms with Gasteiger partial charge in [0.2, 0.25) is 0 Å². The van der Waals surface area contributed by atoms with Crippen molar-refractivity contribution in [2.24, 2.45) is 0 Å². The lowest BCUT2D eigenvalue weighted by molar-refractivity contribution is 0.0219. The van der Waals surface area contributed by atoms with Gasteiger partial charge in [-0.3, -0.25) is 0 Å². The van der Waals surface area contributed by atoms with Crippen LogP contribution in [0.25, 0.3) is 0 Å². The molecule has 1 aliphatic rings. The summed E-state index contributed by atoms with van der Waals surface area (Å²) in [6.45, 7) is 9.77. The SMILES string of the molecule is C[C@H]1CN(C(=O)OC(C)(C)C)CCN1c1ccc(N)nc1.S. The topological polar surface area (TPSA) is 71.7 Å². The molecule has 0 saturated carbocycles. The maximum atomic E-state index is 12.1. The van der Waals surface area contributed by atoms with E-state index in [1.54, 1.807) is 17.2 Å². The van der Waals surface area contributed by atoms with E-state index < -0.39 is 5.60 Å². The minimum atomic E-state index is -0.460. The molecule has 0 aliphatic carbocycles. The van der Waals surface area contributed by atoms with Gasteiger partial charge in [0.1, 0.15) is 11.4 Å². The number of ether oxygens (including phenoxy) is 1. The van der Waals surface area contributed by atoms with Gasteiger partial charge < -0.3 is 20.3 Å². The number of carbonyl (C=O) groups excluding carboxylic acids is 1. The molecule has 7 heteroatoms. The molecule has 2 N–H and O–H groups in total. The smallest absolute Gasteiger partial charge is 0.410 e. The monoisotopic (exact) mass is 326 g/mol. The maximum Gasteiger partial charge on any atom is 0.410 e. The number of anilines is 2. The summed E-state index contributed by atoms with van der Waals surface area (Å²) in [4.78, 5) is 20.2. The Morgan fingerprint density at radius 3 is 2.55 bits per heavy atom. The van der Waals surface area contributed by atoms with Gasteiger partial charge in [0.25, 0.3) is 0 Å². The van der Waals surface area contributed by atoms with Crippen LogP contribution in [0.2, 0.25) is 0 Å². The summed E-state index contributed by atoms with van der Waals surface area (Å²) < 4.78 is 5.42. The molecule has 0 spiro atoms. The van der Waals surface area contributed by atoms with E-state index in [1.807, 2.05) is 26.8 Å². The zero-order valence-corrected chi connectivity index (χ0v) is 14.7. The Balaban J connectivity index is 0.00000242. The largest absolute Gasteiger partial charge is 0.444 e.